The summed E-state index contributed by atoms with van der Waals surface area (Å²) in [5.41, 5.74) is 1.02. The summed E-state index contributed by atoms with van der Waals surface area (Å²) in [5, 5.41) is 5.10. The van der Waals surface area contributed by atoms with E-state index in [0.717, 1.165) is 4.47 Å². The molecule has 2 rings (SSSR count). The normalized spacial score (nSPS) is 11.0. The Morgan fingerprint density at radius 2 is 1.85 bits per heavy atom. The first-order valence-corrected chi connectivity index (χ1v) is 10.4. The monoisotopic (exact) mass is 439 g/mol. The number of pyridine rings is 1. The van der Waals surface area contributed by atoms with Crippen LogP contribution in [0.5, 0.6) is 0 Å². The zero-order valence-corrected chi connectivity index (χ0v) is 16.2. The lowest BCUT2D eigenvalue weighted by atomic mass is 10.2. The quantitative estimate of drug-likeness (QED) is 0.603. The molecule has 138 valence electrons. The van der Waals surface area contributed by atoms with Crippen LogP contribution in [0.3, 0.4) is 0 Å². The van der Waals surface area contributed by atoms with Crippen molar-refractivity contribution in [1.29, 1.82) is 0 Å². The smallest absolute Gasteiger partial charge is 0.252 e. The zero-order valence-electron chi connectivity index (χ0n) is 13.8. The van der Waals surface area contributed by atoms with Crippen LogP contribution >= 0.6 is 15.9 Å². The van der Waals surface area contributed by atoms with Crippen LogP contribution in [-0.4, -0.2) is 44.1 Å². The lowest BCUT2D eigenvalue weighted by molar-refractivity contribution is -0.118. The van der Waals surface area contributed by atoms with Crippen LogP contribution in [0.15, 0.2) is 53.3 Å². The number of sulfone groups is 1. The third-order valence-corrected chi connectivity index (χ3v) is 5.25. The SMILES string of the molecule is O=C(CS(=O)(=O)Cc1cccc(Br)c1)NCCNC(=O)c1cccnc1. The number of nitrogens with zero attached hydrogens (tertiary/aromatic N) is 1. The fraction of sp³-hybridized carbons (Fsp3) is 0.235. The summed E-state index contributed by atoms with van der Waals surface area (Å²) < 4.78 is 25.0. The van der Waals surface area contributed by atoms with Gasteiger partial charge in [-0.1, -0.05) is 28.1 Å². The highest BCUT2D eigenvalue weighted by atomic mass is 79.9. The van der Waals surface area contributed by atoms with Gasteiger partial charge in [-0.3, -0.25) is 14.6 Å². The van der Waals surface area contributed by atoms with Gasteiger partial charge in [-0.25, -0.2) is 8.42 Å². The highest BCUT2D eigenvalue weighted by Crippen LogP contribution is 2.14. The Morgan fingerprint density at radius 1 is 1.08 bits per heavy atom. The molecule has 2 aromatic rings. The van der Waals surface area contributed by atoms with Gasteiger partial charge in [0.2, 0.25) is 5.91 Å². The van der Waals surface area contributed by atoms with Crippen molar-refractivity contribution in [3.05, 3.63) is 64.4 Å². The molecule has 0 aliphatic rings. The fourth-order valence-corrected chi connectivity index (χ4v) is 3.90. The van der Waals surface area contributed by atoms with Crippen molar-refractivity contribution in [3.8, 4) is 0 Å². The van der Waals surface area contributed by atoms with Crippen LogP contribution in [0.4, 0.5) is 0 Å². The van der Waals surface area contributed by atoms with E-state index >= 15 is 0 Å². The molecule has 0 aliphatic carbocycles. The molecule has 0 bridgehead atoms. The van der Waals surface area contributed by atoms with Gasteiger partial charge >= 0.3 is 0 Å². The number of carbonyl (C=O) groups excluding carboxylic acids is 2. The third kappa shape index (κ3) is 6.93. The van der Waals surface area contributed by atoms with E-state index in [1.165, 1.54) is 6.20 Å². The number of rotatable bonds is 8. The van der Waals surface area contributed by atoms with Gasteiger partial charge in [-0.15, -0.1) is 0 Å². The second-order valence-corrected chi connectivity index (χ2v) is 8.49. The van der Waals surface area contributed by atoms with Gasteiger partial charge in [-0.2, -0.15) is 0 Å². The van der Waals surface area contributed by atoms with E-state index in [2.05, 4.69) is 31.5 Å². The van der Waals surface area contributed by atoms with Gasteiger partial charge < -0.3 is 10.6 Å². The Labute approximate surface area is 160 Å². The number of hydrogen-bond acceptors (Lipinski definition) is 5. The summed E-state index contributed by atoms with van der Waals surface area (Å²) >= 11 is 3.28. The first kappa shape index (κ1) is 20.1. The van der Waals surface area contributed by atoms with Crippen molar-refractivity contribution >= 4 is 37.6 Å². The van der Waals surface area contributed by atoms with E-state index in [0.29, 0.717) is 11.1 Å². The largest absolute Gasteiger partial charge is 0.353 e. The molecular weight excluding hydrogens is 422 g/mol. The van der Waals surface area contributed by atoms with E-state index < -0.39 is 21.5 Å². The lowest BCUT2D eigenvalue weighted by Crippen LogP contribution is -2.37. The summed E-state index contributed by atoms with van der Waals surface area (Å²) in [4.78, 5) is 27.4. The molecule has 1 aromatic heterocycles. The van der Waals surface area contributed by atoms with E-state index in [1.54, 1.807) is 42.6 Å². The average molecular weight is 440 g/mol. The molecule has 2 N–H and O–H groups in total. The van der Waals surface area contributed by atoms with E-state index in [9.17, 15) is 18.0 Å². The molecule has 0 radical (unpaired) electrons. The number of hydrogen-bond donors (Lipinski definition) is 2. The predicted octanol–water partition coefficient (Wildman–Crippen LogP) is 1.31. The summed E-state index contributed by atoms with van der Waals surface area (Å²) in [6.07, 6.45) is 2.99. The third-order valence-electron chi connectivity index (χ3n) is 3.28. The molecule has 0 saturated carbocycles. The van der Waals surface area contributed by atoms with Crippen LogP contribution in [0.2, 0.25) is 0 Å². The Morgan fingerprint density at radius 3 is 2.54 bits per heavy atom. The summed E-state index contributed by atoms with van der Waals surface area (Å²) in [6.45, 7) is 0.322. The summed E-state index contributed by atoms with van der Waals surface area (Å²) in [7, 11) is -3.58. The Bertz CT molecular complexity index is 873. The minimum atomic E-state index is -3.58. The molecule has 26 heavy (non-hydrogen) atoms. The van der Waals surface area contributed by atoms with Crippen molar-refractivity contribution in [1.82, 2.24) is 15.6 Å². The van der Waals surface area contributed by atoms with E-state index in [4.69, 9.17) is 0 Å². The Balaban J connectivity index is 1.73. The van der Waals surface area contributed by atoms with Crippen molar-refractivity contribution < 1.29 is 18.0 Å². The highest BCUT2D eigenvalue weighted by molar-refractivity contribution is 9.10. The Hall–Kier alpha value is -2.26. The lowest BCUT2D eigenvalue weighted by Gasteiger charge is -2.08. The molecule has 7 nitrogen and oxygen atoms in total. The van der Waals surface area contributed by atoms with Crippen molar-refractivity contribution in [2.24, 2.45) is 0 Å². The van der Waals surface area contributed by atoms with Crippen molar-refractivity contribution in [2.45, 2.75) is 5.75 Å². The number of amides is 2. The zero-order chi connectivity index (χ0) is 19.0. The number of aromatic nitrogens is 1. The molecule has 9 heteroatoms. The molecule has 0 spiro atoms. The molecule has 0 atom stereocenters. The number of carbonyl (C=O) groups is 2. The topological polar surface area (TPSA) is 105 Å². The van der Waals surface area contributed by atoms with Crippen LogP contribution in [0, 0.1) is 0 Å². The van der Waals surface area contributed by atoms with Gasteiger partial charge in [0, 0.05) is 30.0 Å². The first-order valence-electron chi connectivity index (χ1n) is 7.75. The minimum Gasteiger partial charge on any atom is -0.353 e. The van der Waals surface area contributed by atoms with Gasteiger partial charge in [-0.05, 0) is 29.8 Å². The summed E-state index contributed by atoms with van der Waals surface area (Å²) in [6, 6.07) is 10.2. The number of nitrogens with one attached hydrogen (secondary N) is 2. The van der Waals surface area contributed by atoms with Crippen LogP contribution in [0.1, 0.15) is 15.9 Å². The Kier molecular flexibility index (Phi) is 7.28. The maximum atomic E-state index is 12.1. The minimum absolute atomic E-state index is 0.136. The molecule has 0 saturated heterocycles. The maximum absolute atomic E-state index is 12.1. The number of benzene rings is 1. The molecule has 0 unspecified atom stereocenters. The standard InChI is InChI=1S/C17H18BrN3O4S/c18-15-5-1-3-13(9-15)11-26(24,25)12-16(22)20-7-8-21-17(23)14-4-2-6-19-10-14/h1-6,9-10H,7-8,11-12H2,(H,20,22)(H,21,23). The first-order chi connectivity index (χ1) is 12.4. The molecule has 0 aliphatic heterocycles. The molecule has 1 heterocycles. The van der Waals surface area contributed by atoms with Gasteiger partial charge in [0.25, 0.3) is 5.91 Å². The van der Waals surface area contributed by atoms with Crippen LogP contribution in [-0.2, 0) is 20.4 Å². The van der Waals surface area contributed by atoms with Gasteiger partial charge in [0.15, 0.2) is 9.84 Å². The van der Waals surface area contributed by atoms with Crippen LogP contribution < -0.4 is 10.6 Å². The maximum Gasteiger partial charge on any atom is 0.252 e. The van der Waals surface area contributed by atoms with E-state index in [-0.39, 0.29) is 24.7 Å². The predicted molar refractivity (Wildman–Crippen MR) is 101 cm³/mol. The van der Waals surface area contributed by atoms with E-state index in [1.807, 2.05) is 0 Å². The molecule has 0 fully saturated rings. The molecule has 1 aromatic carbocycles. The second-order valence-electron chi connectivity index (χ2n) is 5.51. The van der Waals surface area contributed by atoms with Crippen LogP contribution in [0.25, 0.3) is 0 Å². The number of halogens is 1. The average Bonchev–Trinajstić information content (AvgIpc) is 2.58. The molecule has 2 amide bonds. The van der Waals surface area contributed by atoms with Gasteiger partial charge in [0.05, 0.1) is 11.3 Å². The molecular formula is C17H18BrN3O4S. The fourth-order valence-electron chi connectivity index (χ4n) is 2.16. The van der Waals surface area contributed by atoms with Crippen molar-refractivity contribution in [2.75, 3.05) is 18.8 Å². The van der Waals surface area contributed by atoms with Crippen molar-refractivity contribution in [3.63, 3.8) is 0 Å². The summed E-state index contributed by atoms with van der Waals surface area (Å²) in [5.74, 6) is -1.72. The van der Waals surface area contributed by atoms with Gasteiger partial charge in [0.1, 0.15) is 5.75 Å². The second kappa shape index (κ2) is 9.44. The highest BCUT2D eigenvalue weighted by Gasteiger charge is 2.17.